The minimum Gasteiger partial charge on any atom is -0.207 e. The van der Waals surface area contributed by atoms with Gasteiger partial charge in [-0.1, -0.05) is 11.6 Å². The lowest BCUT2D eigenvalue weighted by atomic mass is 10.2. The van der Waals surface area contributed by atoms with Crippen LogP contribution in [0, 0.1) is 12.9 Å². The van der Waals surface area contributed by atoms with Crippen molar-refractivity contribution in [1.82, 2.24) is 4.98 Å². The van der Waals surface area contributed by atoms with E-state index in [9.17, 15) is 17.6 Å². The molecule has 1 rings (SSSR count). The molecule has 1 nitrogen and oxygen atoms in total. The van der Waals surface area contributed by atoms with Crippen LogP contribution in [-0.2, 0) is 6.18 Å². The van der Waals surface area contributed by atoms with Gasteiger partial charge in [0, 0.05) is 5.56 Å². The lowest BCUT2D eigenvalue weighted by Gasteiger charge is -2.08. The monoisotopic (exact) mass is 213 g/mol. The largest absolute Gasteiger partial charge is 0.419 e. The molecule has 0 spiro atoms. The minimum atomic E-state index is -4.59. The Bertz CT molecular complexity index is 334. The smallest absolute Gasteiger partial charge is 0.207 e. The van der Waals surface area contributed by atoms with Crippen molar-refractivity contribution < 1.29 is 17.6 Å². The zero-order valence-corrected chi connectivity index (χ0v) is 7.17. The lowest BCUT2D eigenvalue weighted by Crippen LogP contribution is -2.08. The van der Waals surface area contributed by atoms with Gasteiger partial charge in [-0.05, 0) is 13.0 Å². The molecular weight excluding hydrogens is 210 g/mol. The first-order chi connectivity index (χ1) is 5.82. The summed E-state index contributed by atoms with van der Waals surface area (Å²) in [5.41, 5.74) is -1.30. The van der Waals surface area contributed by atoms with Gasteiger partial charge in [-0.3, -0.25) is 0 Å². The first-order valence-corrected chi connectivity index (χ1v) is 3.60. The predicted octanol–water partition coefficient (Wildman–Crippen LogP) is 3.20. The Kier molecular flexibility index (Phi) is 2.47. The van der Waals surface area contributed by atoms with Crippen LogP contribution in [0.25, 0.3) is 0 Å². The van der Waals surface area contributed by atoms with Gasteiger partial charge >= 0.3 is 6.18 Å². The second kappa shape index (κ2) is 3.14. The third-order valence-electron chi connectivity index (χ3n) is 1.41. The van der Waals surface area contributed by atoms with E-state index in [1.165, 1.54) is 6.92 Å². The van der Waals surface area contributed by atoms with Gasteiger partial charge in [0.15, 0.2) is 0 Å². The van der Waals surface area contributed by atoms with Gasteiger partial charge in [-0.25, -0.2) is 4.98 Å². The molecule has 1 aromatic rings. The number of aryl methyl sites for hydroxylation is 1. The minimum absolute atomic E-state index is 0.184. The van der Waals surface area contributed by atoms with Crippen LogP contribution in [-0.4, -0.2) is 4.98 Å². The van der Waals surface area contributed by atoms with Crippen LogP contribution in [0.5, 0.6) is 0 Å². The molecule has 0 N–H and O–H groups in total. The molecule has 1 heterocycles. The number of alkyl halides is 3. The van der Waals surface area contributed by atoms with Crippen LogP contribution in [0.15, 0.2) is 6.07 Å². The molecule has 13 heavy (non-hydrogen) atoms. The van der Waals surface area contributed by atoms with Crippen molar-refractivity contribution >= 4 is 11.6 Å². The van der Waals surface area contributed by atoms with E-state index in [2.05, 4.69) is 4.98 Å². The summed E-state index contributed by atoms with van der Waals surface area (Å²) in [6.45, 7) is 1.19. The molecule has 0 fully saturated rings. The van der Waals surface area contributed by atoms with Crippen LogP contribution in [0.2, 0.25) is 5.15 Å². The highest BCUT2D eigenvalue weighted by atomic mass is 35.5. The third-order valence-corrected chi connectivity index (χ3v) is 1.70. The second-order valence-corrected chi connectivity index (χ2v) is 2.79. The van der Waals surface area contributed by atoms with Gasteiger partial charge in [0.05, 0.1) is 5.56 Å². The maximum absolute atomic E-state index is 12.6. The number of hydrogen-bond acceptors (Lipinski definition) is 1. The van der Waals surface area contributed by atoms with E-state index in [0.717, 1.165) is 0 Å². The SMILES string of the molecule is Cc1cc(C(F)(F)F)c(Cl)nc1F. The van der Waals surface area contributed by atoms with Crippen LogP contribution in [0.3, 0.4) is 0 Å². The molecular formula is C7H4ClF4N. The van der Waals surface area contributed by atoms with Crippen LogP contribution >= 0.6 is 11.6 Å². The lowest BCUT2D eigenvalue weighted by molar-refractivity contribution is -0.137. The highest BCUT2D eigenvalue weighted by Gasteiger charge is 2.34. The summed E-state index contributed by atoms with van der Waals surface area (Å²) in [7, 11) is 0. The van der Waals surface area contributed by atoms with Gasteiger partial charge in [0.25, 0.3) is 0 Å². The number of aromatic nitrogens is 1. The highest BCUT2D eigenvalue weighted by molar-refractivity contribution is 6.30. The molecule has 0 aromatic carbocycles. The van der Waals surface area contributed by atoms with E-state index in [0.29, 0.717) is 6.07 Å². The first kappa shape index (κ1) is 10.2. The van der Waals surface area contributed by atoms with Gasteiger partial charge in [0.1, 0.15) is 5.15 Å². The number of nitrogens with zero attached hydrogens (tertiary/aromatic N) is 1. The van der Waals surface area contributed by atoms with E-state index in [4.69, 9.17) is 11.6 Å². The quantitative estimate of drug-likeness (QED) is 0.476. The fourth-order valence-corrected chi connectivity index (χ4v) is 1.00. The molecule has 0 radical (unpaired) electrons. The molecule has 0 amide bonds. The average molecular weight is 214 g/mol. The molecule has 0 aliphatic carbocycles. The van der Waals surface area contributed by atoms with E-state index in [1.807, 2.05) is 0 Å². The summed E-state index contributed by atoms with van der Waals surface area (Å²) in [6, 6.07) is 0.630. The van der Waals surface area contributed by atoms with Gasteiger partial charge < -0.3 is 0 Å². The van der Waals surface area contributed by atoms with Crippen molar-refractivity contribution in [3.63, 3.8) is 0 Å². The maximum atomic E-state index is 12.6. The zero-order valence-electron chi connectivity index (χ0n) is 6.41. The molecule has 0 saturated heterocycles. The van der Waals surface area contributed by atoms with Crippen molar-refractivity contribution in [3.8, 4) is 0 Å². The van der Waals surface area contributed by atoms with Crippen molar-refractivity contribution in [1.29, 1.82) is 0 Å². The van der Waals surface area contributed by atoms with Crippen molar-refractivity contribution in [2.45, 2.75) is 13.1 Å². The molecule has 72 valence electrons. The Morgan fingerprint density at radius 3 is 2.38 bits per heavy atom. The van der Waals surface area contributed by atoms with Gasteiger partial charge in [-0.2, -0.15) is 17.6 Å². The topological polar surface area (TPSA) is 12.9 Å². The summed E-state index contributed by atoms with van der Waals surface area (Å²) in [5, 5.41) is -0.865. The Balaban J connectivity index is 3.32. The normalized spacial score (nSPS) is 11.8. The number of halogens is 5. The van der Waals surface area contributed by atoms with Crippen LogP contribution in [0.4, 0.5) is 17.6 Å². The molecule has 0 saturated carbocycles. The molecule has 0 unspecified atom stereocenters. The summed E-state index contributed by atoms with van der Waals surface area (Å²) in [6.07, 6.45) is -4.59. The summed E-state index contributed by atoms with van der Waals surface area (Å²) >= 11 is 5.12. The average Bonchev–Trinajstić information content (AvgIpc) is 1.94. The van der Waals surface area contributed by atoms with Gasteiger partial charge in [0.2, 0.25) is 5.95 Å². The molecule has 0 atom stereocenters. The first-order valence-electron chi connectivity index (χ1n) is 3.22. The fourth-order valence-electron chi connectivity index (χ4n) is 0.769. The third kappa shape index (κ3) is 2.09. The summed E-state index contributed by atoms with van der Waals surface area (Å²) < 4.78 is 48.9. The molecule has 0 aliphatic rings. The molecule has 0 bridgehead atoms. The molecule has 0 aliphatic heterocycles. The standard InChI is InChI=1S/C7H4ClF4N/c1-3-2-4(7(10,11)12)5(8)13-6(3)9/h2H,1H3. The van der Waals surface area contributed by atoms with E-state index >= 15 is 0 Å². The van der Waals surface area contributed by atoms with Crippen molar-refractivity contribution in [2.24, 2.45) is 0 Å². The summed E-state index contributed by atoms with van der Waals surface area (Å²) in [4.78, 5) is 2.92. The molecule has 6 heteroatoms. The molecule has 1 aromatic heterocycles. The maximum Gasteiger partial charge on any atom is 0.419 e. The van der Waals surface area contributed by atoms with Crippen LogP contribution < -0.4 is 0 Å². The Hall–Kier alpha value is -0.840. The zero-order chi connectivity index (χ0) is 10.2. The summed E-state index contributed by atoms with van der Waals surface area (Å²) in [5.74, 6) is -0.988. The fraction of sp³-hybridized carbons (Fsp3) is 0.286. The predicted molar refractivity (Wildman–Crippen MR) is 38.9 cm³/mol. The second-order valence-electron chi connectivity index (χ2n) is 2.43. The van der Waals surface area contributed by atoms with E-state index < -0.39 is 22.8 Å². The Morgan fingerprint density at radius 2 is 1.92 bits per heavy atom. The number of rotatable bonds is 0. The Morgan fingerprint density at radius 1 is 1.38 bits per heavy atom. The van der Waals surface area contributed by atoms with Crippen molar-refractivity contribution in [3.05, 3.63) is 28.3 Å². The van der Waals surface area contributed by atoms with Crippen molar-refractivity contribution in [2.75, 3.05) is 0 Å². The number of hydrogen-bond donors (Lipinski definition) is 0. The number of pyridine rings is 1. The Labute approximate surface area is 76.3 Å². The van der Waals surface area contributed by atoms with E-state index in [1.54, 1.807) is 0 Å². The van der Waals surface area contributed by atoms with Gasteiger partial charge in [-0.15, -0.1) is 0 Å². The highest BCUT2D eigenvalue weighted by Crippen LogP contribution is 2.34. The van der Waals surface area contributed by atoms with E-state index in [-0.39, 0.29) is 5.56 Å². The van der Waals surface area contributed by atoms with Crippen LogP contribution in [0.1, 0.15) is 11.1 Å².